The third kappa shape index (κ3) is 3.43. The van der Waals surface area contributed by atoms with Crippen molar-refractivity contribution in [1.82, 2.24) is 0 Å². The maximum absolute atomic E-state index is 12.9. The molecule has 0 amide bonds. The summed E-state index contributed by atoms with van der Waals surface area (Å²) in [6.45, 7) is 3.96. The van der Waals surface area contributed by atoms with E-state index in [0.717, 1.165) is 34.4 Å². The van der Waals surface area contributed by atoms with Gasteiger partial charge in [0.1, 0.15) is 11.5 Å². The SMILES string of the molecule is Cc1ccc(/C=C/C2=CC(=O)C3(O)C(O2)C2(O)C(=O)C=C(/C=C/c4ccc(C)cc4)OC32)cc1. The van der Waals surface area contributed by atoms with Gasteiger partial charge in [0.05, 0.1) is 0 Å². The molecule has 3 aliphatic rings. The highest BCUT2D eigenvalue weighted by molar-refractivity contribution is 6.09. The van der Waals surface area contributed by atoms with E-state index in [9.17, 15) is 19.8 Å². The lowest BCUT2D eigenvalue weighted by atomic mass is 9.56. The third-order valence-electron chi connectivity index (χ3n) is 6.48. The summed E-state index contributed by atoms with van der Waals surface area (Å²) in [4.78, 5) is 25.8. The fourth-order valence-electron chi connectivity index (χ4n) is 4.44. The largest absolute Gasteiger partial charge is 0.483 e. The summed E-state index contributed by atoms with van der Waals surface area (Å²) in [5.41, 5.74) is -0.321. The quantitative estimate of drug-likeness (QED) is 0.734. The average Bonchev–Trinajstić information content (AvgIpc) is 2.82. The molecule has 34 heavy (non-hydrogen) atoms. The molecular formula is C28H24O6. The summed E-state index contributed by atoms with van der Waals surface area (Å²) in [6, 6.07) is 15.5. The van der Waals surface area contributed by atoms with Gasteiger partial charge in [0.25, 0.3) is 0 Å². The first kappa shape index (κ1) is 22.1. The number of fused-ring (bicyclic) bond motifs is 4. The van der Waals surface area contributed by atoms with Crippen molar-refractivity contribution < 1.29 is 29.3 Å². The van der Waals surface area contributed by atoms with Crippen molar-refractivity contribution in [2.75, 3.05) is 0 Å². The van der Waals surface area contributed by atoms with E-state index in [1.165, 1.54) is 0 Å². The van der Waals surface area contributed by atoms with Crippen molar-refractivity contribution in [1.29, 1.82) is 0 Å². The summed E-state index contributed by atoms with van der Waals surface area (Å²) >= 11 is 0. The van der Waals surface area contributed by atoms with Crippen LogP contribution in [0.2, 0.25) is 0 Å². The standard InChI is InChI=1S/C28H24O6/c1-17-3-7-19(8-4-17)11-13-21-15-23(29)27(31)25(33-21)28(32)24(30)16-22(34-26(27)28)14-12-20-9-5-18(2)6-10-20/h3-16,25-26,31-32H,1-2H3/b13-11+,14-12+. The van der Waals surface area contributed by atoms with Crippen LogP contribution >= 0.6 is 0 Å². The highest BCUT2D eigenvalue weighted by Crippen LogP contribution is 2.53. The molecule has 2 aliphatic heterocycles. The molecule has 0 atom stereocenters. The van der Waals surface area contributed by atoms with Crippen LogP contribution in [-0.2, 0) is 19.1 Å². The molecule has 5 rings (SSSR count). The van der Waals surface area contributed by atoms with Crippen LogP contribution in [0.25, 0.3) is 12.2 Å². The van der Waals surface area contributed by atoms with E-state index in [4.69, 9.17) is 9.47 Å². The summed E-state index contributed by atoms with van der Waals surface area (Å²) in [5.74, 6) is -1.07. The Bertz CT molecular complexity index is 1170. The fraction of sp³-hybridized carbons (Fsp3) is 0.214. The zero-order chi connectivity index (χ0) is 24.1. The highest BCUT2D eigenvalue weighted by atomic mass is 16.6. The highest BCUT2D eigenvalue weighted by Gasteiger charge is 2.81. The van der Waals surface area contributed by atoms with Gasteiger partial charge in [-0.05, 0) is 37.1 Å². The molecule has 2 aromatic rings. The second kappa shape index (κ2) is 7.94. The fourth-order valence-corrected chi connectivity index (χ4v) is 4.44. The zero-order valence-corrected chi connectivity index (χ0v) is 18.8. The van der Waals surface area contributed by atoms with Crippen molar-refractivity contribution in [2.45, 2.75) is 37.3 Å². The van der Waals surface area contributed by atoms with Gasteiger partial charge in [0.2, 0.25) is 11.2 Å². The van der Waals surface area contributed by atoms with E-state index in [2.05, 4.69) is 0 Å². The Morgan fingerprint density at radius 1 is 0.647 bits per heavy atom. The van der Waals surface area contributed by atoms with Gasteiger partial charge < -0.3 is 19.7 Å². The second-order valence-corrected chi connectivity index (χ2v) is 8.96. The topological polar surface area (TPSA) is 93.1 Å². The molecule has 1 fully saturated rings. The normalized spacial score (nSPS) is 30.1. The minimum Gasteiger partial charge on any atom is -0.483 e. The van der Waals surface area contributed by atoms with Crippen LogP contribution in [0.4, 0.5) is 0 Å². The molecule has 6 nitrogen and oxygen atoms in total. The molecule has 2 aromatic carbocycles. The number of carbonyl (C=O) groups excluding carboxylic acids is 2. The molecule has 0 radical (unpaired) electrons. The molecular weight excluding hydrogens is 432 g/mol. The lowest BCUT2D eigenvalue weighted by molar-refractivity contribution is -0.317. The van der Waals surface area contributed by atoms with Crippen LogP contribution in [0.5, 0.6) is 0 Å². The van der Waals surface area contributed by atoms with Crippen LogP contribution in [0, 0.1) is 13.8 Å². The van der Waals surface area contributed by atoms with Crippen LogP contribution in [0.3, 0.4) is 0 Å². The van der Waals surface area contributed by atoms with E-state index in [-0.39, 0.29) is 11.5 Å². The Morgan fingerprint density at radius 2 is 1.00 bits per heavy atom. The third-order valence-corrected chi connectivity index (χ3v) is 6.48. The number of carbonyl (C=O) groups is 2. The Hall–Kier alpha value is -3.74. The number of aliphatic hydroxyl groups is 2. The van der Waals surface area contributed by atoms with Crippen molar-refractivity contribution in [3.8, 4) is 0 Å². The van der Waals surface area contributed by atoms with Gasteiger partial charge in [-0.1, -0.05) is 71.8 Å². The van der Waals surface area contributed by atoms with Gasteiger partial charge in [-0.15, -0.1) is 0 Å². The Balaban J connectivity index is 1.37. The molecule has 1 aliphatic carbocycles. The van der Waals surface area contributed by atoms with Crippen LogP contribution in [-0.4, -0.2) is 45.2 Å². The molecule has 0 saturated heterocycles. The molecule has 0 aromatic heterocycles. The van der Waals surface area contributed by atoms with Gasteiger partial charge in [-0.3, -0.25) is 9.59 Å². The molecule has 0 bridgehead atoms. The summed E-state index contributed by atoms with van der Waals surface area (Å²) < 4.78 is 11.5. The van der Waals surface area contributed by atoms with Crippen LogP contribution in [0.1, 0.15) is 22.3 Å². The van der Waals surface area contributed by atoms with Crippen molar-refractivity contribution in [3.63, 3.8) is 0 Å². The molecule has 0 spiro atoms. The number of ketones is 2. The van der Waals surface area contributed by atoms with E-state index >= 15 is 0 Å². The maximum atomic E-state index is 12.9. The molecule has 2 N–H and O–H groups in total. The first-order valence-electron chi connectivity index (χ1n) is 11.0. The Kier molecular flexibility index (Phi) is 5.15. The monoisotopic (exact) mass is 456 g/mol. The van der Waals surface area contributed by atoms with E-state index in [0.29, 0.717) is 0 Å². The van der Waals surface area contributed by atoms with E-state index < -0.39 is 35.0 Å². The second-order valence-electron chi connectivity index (χ2n) is 8.96. The van der Waals surface area contributed by atoms with Gasteiger partial charge in [-0.25, -0.2) is 0 Å². The summed E-state index contributed by atoms with van der Waals surface area (Å²) in [7, 11) is 0. The number of rotatable bonds is 4. The number of benzene rings is 2. The number of ether oxygens (including phenoxy) is 2. The molecule has 1 saturated carbocycles. The smallest absolute Gasteiger partial charge is 0.208 e. The molecule has 6 heteroatoms. The lowest BCUT2D eigenvalue weighted by Gasteiger charge is -2.60. The average molecular weight is 456 g/mol. The number of hydrogen-bond acceptors (Lipinski definition) is 6. The van der Waals surface area contributed by atoms with Gasteiger partial charge >= 0.3 is 0 Å². The van der Waals surface area contributed by atoms with Gasteiger partial charge in [-0.2, -0.15) is 0 Å². The molecule has 2 heterocycles. The van der Waals surface area contributed by atoms with Crippen molar-refractivity contribution >= 4 is 23.7 Å². The minimum atomic E-state index is -2.16. The Labute approximate surface area is 197 Å². The number of aryl methyl sites for hydroxylation is 2. The van der Waals surface area contributed by atoms with Crippen molar-refractivity contribution in [3.05, 3.63) is 107 Å². The van der Waals surface area contributed by atoms with Crippen LogP contribution < -0.4 is 0 Å². The van der Waals surface area contributed by atoms with Crippen molar-refractivity contribution in [2.24, 2.45) is 0 Å². The first-order chi connectivity index (χ1) is 16.2. The Morgan fingerprint density at radius 3 is 1.35 bits per heavy atom. The number of hydrogen-bond donors (Lipinski definition) is 2. The maximum Gasteiger partial charge on any atom is 0.208 e. The minimum absolute atomic E-state index is 0.147. The van der Waals surface area contributed by atoms with Gasteiger partial charge in [0.15, 0.2) is 23.8 Å². The summed E-state index contributed by atoms with van der Waals surface area (Å²) in [6.07, 6.45) is 6.02. The lowest BCUT2D eigenvalue weighted by Crippen LogP contribution is -2.88. The van der Waals surface area contributed by atoms with E-state index in [1.54, 1.807) is 24.3 Å². The molecule has 172 valence electrons. The van der Waals surface area contributed by atoms with Crippen LogP contribution in [0.15, 0.2) is 84.4 Å². The predicted octanol–water partition coefficient (Wildman–Crippen LogP) is 3.21. The first-order valence-corrected chi connectivity index (χ1v) is 11.0. The predicted molar refractivity (Wildman–Crippen MR) is 126 cm³/mol. The van der Waals surface area contributed by atoms with E-state index in [1.807, 2.05) is 62.4 Å². The zero-order valence-electron chi connectivity index (χ0n) is 18.8. The molecule has 0 unspecified atom stereocenters. The number of allylic oxidation sites excluding steroid dienone is 2. The summed E-state index contributed by atoms with van der Waals surface area (Å²) in [5, 5.41) is 22.2. The van der Waals surface area contributed by atoms with Gasteiger partial charge in [0, 0.05) is 12.2 Å².